The average Bonchev–Trinajstić information content (AvgIpc) is 3.17. The SMILES string of the molecule is CCOc1ccc(CCNCc2c(C(=O)[O-])n(Cc3ccc(C)cc3)c3cc(OC)ccc23)cc1. The summed E-state index contributed by atoms with van der Waals surface area (Å²) in [6.07, 6.45) is 0.822. The minimum Gasteiger partial charge on any atom is -0.543 e. The molecule has 0 saturated heterocycles. The quantitative estimate of drug-likeness (QED) is 0.333. The van der Waals surface area contributed by atoms with E-state index in [-0.39, 0.29) is 5.69 Å². The number of methoxy groups -OCH3 is 1. The molecule has 3 aromatic carbocycles. The topological polar surface area (TPSA) is 75.5 Å². The van der Waals surface area contributed by atoms with Gasteiger partial charge < -0.3 is 29.3 Å². The third kappa shape index (κ3) is 5.66. The molecule has 0 aliphatic rings. The van der Waals surface area contributed by atoms with Crippen molar-refractivity contribution in [1.29, 1.82) is 0 Å². The molecule has 0 amide bonds. The van der Waals surface area contributed by atoms with Gasteiger partial charge in [0.2, 0.25) is 0 Å². The van der Waals surface area contributed by atoms with Crippen LogP contribution in [-0.4, -0.2) is 30.8 Å². The normalized spacial score (nSPS) is 11.1. The monoisotopic (exact) mass is 471 g/mol. The van der Waals surface area contributed by atoms with Gasteiger partial charge in [0.25, 0.3) is 0 Å². The molecular weight excluding hydrogens is 440 g/mol. The zero-order valence-electron chi connectivity index (χ0n) is 20.5. The average molecular weight is 472 g/mol. The molecule has 0 aliphatic heterocycles. The Kier molecular flexibility index (Phi) is 7.73. The second-order valence-corrected chi connectivity index (χ2v) is 8.57. The molecule has 0 atom stereocenters. The van der Waals surface area contributed by atoms with Crippen molar-refractivity contribution in [2.45, 2.75) is 33.4 Å². The molecule has 35 heavy (non-hydrogen) atoms. The van der Waals surface area contributed by atoms with Gasteiger partial charge in [0.15, 0.2) is 0 Å². The number of carboxylic acid groups (broad SMARTS) is 1. The molecule has 182 valence electrons. The summed E-state index contributed by atoms with van der Waals surface area (Å²) in [5, 5.41) is 16.7. The lowest BCUT2D eigenvalue weighted by Gasteiger charge is -2.14. The van der Waals surface area contributed by atoms with E-state index in [4.69, 9.17) is 9.47 Å². The van der Waals surface area contributed by atoms with Gasteiger partial charge in [-0.25, -0.2) is 0 Å². The van der Waals surface area contributed by atoms with Crippen LogP contribution in [0.4, 0.5) is 0 Å². The number of carbonyl (C=O) groups is 1. The Bertz CT molecular complexity index is 1290. The molecule has 1 heterocycles. The lowest BCUT2D eigenvalue weighted by Crippen LogP contribution is -2.28. The molecule has 0 fully saturated rings. The Morgan fingerprint density at radius 3 is 2.31 bits per heavy atom. The summed E-state index contributed by atoms with van der Waals surface area (Å²) in [6, 6.07) is 21.8. The lowest BCUT2D eigenvalue weighted by molar-refractivity contribution is -0.255. The third-order valence-corrected chi connectivity index (χ3v) is 6.16. The van der Waals surface area contributed by atoms with Crippen molar-refractivity contribution < 1.29 is 19.4 Å². The van der Waals surface area contributed by atoms with Crippen molar-refractivity contribution in [3.8, 4) is 11.5 Å². The van der Waals surface area contributed by atoms with Gasteiger partial charge in [-0.2, -0.15) is 0 Å². The number of carbonyl (C=O) groups excluding carboxylic acids is 1. The lowest BCUT2D eigenvalue weighted by atomic mass is 10.1. The number of aryl methyl sites for hydroxylation is 1. The maximum Gasteiger partial charge on any atom is 0.120 e. The van der Waals surface area contributed by atoms with Crippen molar-refractivity contribution in [2.24, 2.45) is 0 Å². The Labute approximate surface area is 206 Å². The van der Waals surface area contributed by atoms with Crippen LogP contribution < -0.4 is 19.9 Å². The fraction of sp³-hybridized carbons (Fsp3) is 0.276. The van der Waals surface area contributed by atoms with Gasteiger partial charge in [-0.05, 0) is 62.2 Å². The molecule has 0 spiro atoms. The first kappa shape index (κ1) is 24.4. The Morgan fingerprint density at radius 1 is 0.971 bits per heavy atom. The van der Waals surface area contributed by atoms with E-state index >= 15 is 0 Å². The predicted molar refractivity (Wildman–Crippen MR) is 136 cm³/mol. The van der Waals surface area contributed by atoms with Crippen LogP contribution in [-0.2, 0) is 19.5 Å². The molecule has 6 heteroatoms. The van der Waals surface area contributed by atoms with Gasteiger partial charge in [0.1, 0.15) is 11.5 Å². The molecule has 0 saturated carbocycles. The van der Waals surface area contributed by atoms with Crippen LogP contribution in [0, 0.1) is 6.92 Å². The number of rotatable bonds is 11. The van der Waals surface area contributed by atoms with Gasteiger partial charge in [-0.3, -0.25) is 0 Å². The van der Waals surface area contributed by atoms with Crippen LogP contribution in [0.5, 0.6) is 11.5 Å². The summed E-state index contributed by atoms with van der Waals surface area (Å²) in [6.45, 7) is 6.20. The van der Waals surface area contributed by atoms with Crippen LogP contribution in [0.1, 0.15) is 39.7 Å². The molecule has 0 radical (unpaired) electrons. The maximum atomic E-state index is 12.3. The smallest absolute Gasteiger partial charge is 0.120 e. The van der Waals surface area contributed by atoms with E-state index in [0.717, 1.165) is 39.8 Å². The Hall–Kier alpha value is -3.77. The second-order valence-electron chi connectivity index (χ2n) is 8.57. The third-order valence-electron chi connectivity index (χ3n) is 6.16. The van der Waals surface area contributed by atoms with Crippen molar-refractivity contribution >= 4 is 16.9 Å². The zero-order valence-corrected chi connectivity index (χ0v) is 20.5. The number of aromatic carboxylic acids is 1. The largest absolute Gasteiger partial charge is 0.543 e. The van der Waals surface area contributed by atoms with Crippen LogP contribution in [0.25, 0.3) is 10.9 Å². The van der Waals surface area contributed by atoms with Crippen LogP contribution in [0.2, 0.25) is 0 Å². The van der Waals surface area contributed by atoms with Gasteiger partial charge >= 0.3 is 0 Å². The van der Waals surface area contributed by atoms with Crippen molar-refractivity contribution in [1.82, 2.24) is 9.88 Å². The standard InChI is InChI=1S/C29H32N2O4/c1-4-35-23-11-9-21(10-12-23)15-16-30-18-26-25-14-13-24(34-3)17-27(25)31(28(26)29(32)33)19-22-7-5-20(2)6-8-22/h5-14,17,30H,4,15-16,18-19H2,1-3H3,(H,32,33)/p-1. The minimum absolute atomic E-state index is 0.197. The van der Waals surface area contributed by atoms with Gasteiger partial charge in [-0.15, -0.1) is 0 Å². The van der Waals surface area contributed by atoms with E-state index in [2.05, 4.69) is 17.4 Å². The Morgan fingerprint density at radius 2 is 1.66 bits per heavy atom. The van der Waals surface area contributed by atoms with Crippen LogP contribution in [0.3, 0.4) is 0 Å². The highest BCUT2D eigenvalue weighted by atomic mass is 16.5. The van der Waals surface area contributed by atoms with Gasteiger partial charge in [0.05, 0.1) is 30.9 Å². The number of fused-ring (bicyclic) bond motifs is 1. The molecule has 0 aliphatic carbocycles. The van der Waals surface area contributed by atoms with Crippen molar-refractivity contribution in [3.63, 3.8) is 0 Å². The summed E-state index contributed by atoms with van der Waals surface area (Å²) in [5.41, 5.74) is 5.10. The molecule has 1 N–H and O–H groups in total. The number of aromatic nitrogens is 1. The van der Waals surface area contributed by atoms with E-state index in [1.807, 2.05) is 73.0 Å². The first-order valence-corrected chi connectivity index (χ1v) is 11.9. The number of benzene rings is 3. The molecular formula is C29H31N2O4-. The number of carboxylic acids is 1. The van der Waals surface area contributed by atoms with Gasteiger partial charge in [-0.1, -0.05) is 42.0 Å². The fourth-order valence-corrected chi connectivity index (χ4v) is 4.35. The number of nitrogens with one attached hydrogen (secondary N) is 1. The summed E-state index contributed by atoms with van der Waals surface area (Å²) >= 11 is 0. The number of hydrogen-bond donors (Lipinski definition) is 1. The minimum atomic E-state index is -1.18. The van der Waals surface area contributed by atoms with Crippen LogP contribution in [0.15, 0.2) is 66.7 Å². The van der Waals surface area contributed by atoms with Crippen molar-refractivity contribution in [2.75, 3.05) is 20.3 Å². The predicted octanol–water partition coefficient (Wildman–Crippen LogP) is 4.10. The molecule has 0 bridgehead atoms. The van der Waals surface area contributed by atoms with Crippen LogP contribution >= 0.6 is 0 Å². The highest BCUT2D eigenvalue weighted by molar-refractivity contribution is 5.98. The highest BCUT2D eigenvalue weighted by Gasteiger charge is 2.19. The van der Waals surface area contributed by atoms with E-state index in [0.29, 0.717) is 32.0 Å². The maximum absolute atomic E-state index is 12.3. The summed E-state index contributed by atoms with van der Waals surface area (Å²) in [4.78, 5) is 12.3. The van der Waals surface area contributed by atoms with E-state index in [1.54, 1.807) is 7.11 Å². The zero-order chi connectivity index (χ0) is 24.8. The second kappa shape index (κ2) is 11.1. The summed E-state index contributed by atoms with van der Waals surface area (Å²) < 4.78 is 12.7. The molecule has 0 unspecified atom stereocenters. The van der Waals surface area contributed by atoms with E-state index in [1.165, 1.54) is 5.56 Å². The summed E-state index contributed by atoms with van der Waals surface area (Å²) in [7, 11) is 1.61. The van der Waals surface area contributed by atoms with Crippen molar-refractivity contribution in [3.05, 3.63) is 94.7 Å². The number of hydrogen-bond acceptors (Lipinski definition) is 5. The van der Waals surface area contributed by atoms with E-state index in [9.17, 15) is 9.90 Å². The fourth-order valence-electron chi connectivity index (χ4n) is 4.35. The van der Waals surface area contributed by atoms with Gasteiger partial charge in [0, 0.05) is 30.1 Å². The first-order valence-electron chi connectivity index (χ1n) is 11.9. The summed E-state index contributed by atoms with van der Waals surface area (Å²) in [5.74, 6) is 0.357. The number of nitrogens with zero attached hydrogens (tertiary/aromatic N) is 1. The van der Waals surface area contributed by atoms with E-state index < -0.39 is 5.97 Å². The molecule has 4 aromatic rings. The highest BCUT2D eigenvalue weighted by Crippen LogP contribution is 2.30. The molecule has 1 aromatic heterocycles. The molecule has 4 rings (SSSR count). The Balaban J connectivity index is 1.59. The molecule has 6 nitrogen and oxygen atoms in total. The first-order chi connectivity index (χ1) is 17.0. The number of ether oxygens (including phenoxy) is 2.